The fourth-order valence-corrected chi connectivity index (χ4v) is 2.31. The van der Waals surface area contributed by atoms with Gasteiger partial charge < -0.3 is 14.4 Å². The van der Waals surface area contributed by atoms with Gasteiger partial charge in [0.2, 0.25) is 5.89 Å². The van der Waals surface area contributed by atoms with E-state index in [0.29, 0.717) is 5.89 Å². The van der Waals surface area contributed by atoms with Gasteiger partial charge in [0, 0.05) is 50.5 Å². The van der Waals surface area contributed by atoms with Gasteiger partial charge >= 0.3 is 0 Å². The van der Waals surface area contributed by atoms with E-state index in [0.717, 1.165) is 44.4 Å². The molecule has 20 heavy (non-hydrogen) atoms. The molecule has 0 spiro atoms. The van der Waals surface area contributed by atoms with Crippen molar-refractivity contribution in [3.63, 3.8) is 0 Å². The van der Waals surface area contributed by atoms with Gasteiger partial charge in [-0.15, -0.1) is 0 Å². The highest BCUT2D eigenvalue weighted by Crippen LogP contribution is 2.17. The van der Waals surface area contributed by atoms with Gasteiger partial charge in [-0.05, 0) is 5.16 Å². The molecule has 3 heterocycles. The number of imidazole rings is 1. The number of piperazine rings is 1. The molecule has 0 atom stereocenters. The average Bonchev–Trinajstić information content (AvgIpc) is 3.10. The molecule has 7 heteroatoms. The van der Waals surface area contributed by atoms with Crippen molar-refractivity contribution in [2.75, 3.05) is 31.1 Å². The summed E-state index contributed by atoms with van der Waals surface area (Å²) in [5, 5.41) is 4.07. The number of nitrogens with zero attached hydrogens (tertiary/aromatic N) is 5. The van der Waals surface area contributed by atoms with Gasteiger partial charge in [0.25, 0.3) is 5.95 Å². The van der Waals surface area contributed by atoms with E-state index in [1.165, 1.54) is 0 Å². The van der Waals surface area contributed by atoms with Crippen LogP contribution in [0.2, 0.25) is 0 Å². The van der Waals surface area contributed by atoms with Crippen LogP contribution in [0.5, 0.6) is 0 Å². The van der Waals surface area contributed by atoms with Crippen molar-refractivity contribution in [2.24, 2.45) is 0 Å². The van der Waals surface area contributed by atoms with Crippen LogP contribution in [-0.4, -0.2) is 51.2 Å². The monoisotopic (exact) mass is 276 g/mol. The summed E-state index contributed by atoms with van der Waals surface area (Å²) in [6.07, 6.45) is 3.60. The Kier molecular flexibility index (Phi) is 3.68. The van der Waals surface area contributed by atoms with Crippen LogP contribution in [0.25, 0.3) is 0 Å². The summed E-state index contributed by atoms with van der Waals surface area (Å²) in [7, 11) is 0. The van der Waals surface area contributed by atoms with Crippen LogP contribution in [0.3, 0.4) is 0 Å². The van der Waals surface area contributed by atoms with Gasteiger partial charge in [-0.1, -0.05) is 13.8 Å². The number of rotatable bonds is 4. The number of hydrogen-bond acceptors (Lipinski definition) is 6. The normalized spacial score (nSPS) is 17.1. The number of hydrogen-bond donors (Lipinski definition) is 1. The maximum absolute atomic E-state index is 5.26. The Bertz CT molecular complexity index is 527. The first kappa shape index (κ1) is 13.1. The second-order valence-corrected chi connectivity index (χ2v) is 5.43. The first-order valence-corrected chi connectivity index (χ1v) is 7.00. The molecular weight excluding hydrogens is 256 g/mol. The van der Waals surface area contributed by atoms with Crippen LogP contribution in [0.15, 0.2) is 17.0 Å². The highest BCUT2D eigenvalue weighted by molar-refractivity contribution is 5.29. The quantitative estimate of drug-likeness (QED) is 0.905. The molecule has 0 amide bonds. The van der Waals surface area contributed by atoms with Crippen molar-refractivity contribution in [3.8, 4) is 0 Å². The van der Waals surface area contributed by atoms with Gasteiger partial charge in [0.05, 0.1) is 6.33 Å². The van der Waals surface area contributed by atoms with Gasteiger partial charge in [-0.3, -0.25) is 4.90 Å². The van der Waals surface area contributed by atoms with E-state index in [1.54, 1.807) is 6.33 Å². The van der Waals surface area contributed by atoms with Gasteiger partial charge in [0.15, 0.2) is 0 Å². The smallest absolute Gasteiger partial charge is 0.266 e. The molecule has 1 saturated heterocycles. The third kappa shape index (κ3) is 2.82. The van der Waals surface area contributed by atoms with E-state index in [4.69, 9.17) is 4.52 Å². The van der Waals surface area contributed by atoms with Crippen LogP contribution in [-0.2, 0) is 6.54 Å². The third-order valence-corrected chi connectivity index (χ3v) is 3.53. The van der Waals surface area contributed by atoms with E-state index in [-0.39, 0.29) is 5.92 Å². The van der Waals surface area contributed by atoms with Crippen LogP contribution >= 0.6 is 0 Å². The molecule has 7 nitrogen and oxygen atoms in total. The van der Waals surface area contributed by atoms with E-state index in [1.807, 2.05) is 6.20 Å². The molecule has 2 aromatic heterocycles. The summed E-state index contributed by atoms with van der Waals surface area (Å²) < 4.78 is 5.26. The number of aromatic nitrogens is 4. The Morgan fingerprint density at radius 2 is 2.10 bits per heavy atom. The average molecular weight is 276 g/mol. The minimum Gasteiger partial charge on any atom is -0.347 e. The zero-order valence-electron chi connectivity index (χ0n) is 11.9. The lowest BCUT2D eigenvalue weighted by atomic mass is 10.2. The molecule has 1 aliphatic heterocycles. The van der Waals surface area contributed by atoms with E-state index >= 15 is 0 Å². The lowest BCUT2D eigenvalue weighted by Crippen LogP contribution is -2.46. The molecule has 3 rings (SSSR count). The maximum Gasteiger partial charge on any atom is 0.266 e. The summed E-state index contributed by atoms with van der Waals surface area (Å²) in [5.74, 6) is 1.70. The number of H-pyrrole nitrogens is 1. The fraction of sp³-hybridized carbons (Fsp3) is 0.615. The molecule has 0 radical (unpaired) electrons. The Morgan fingerprint density at radius 3 is 2.70 bits per heavy atom. The Balaban J connectivity index is 1.55. The molecule has 0 bridgehead atoms. The van der Waals surface area contributed by atoms with E-state index in [2.05, 4.69) is 43.8 Å². The third-order valence-electron chi connectivity index (χ3n) is 3.53. The Labute approximate surface area is 118 Å². The first-order valence-electron chi connectivity index (χ1n) is 7.00. The van der Waals surface area contributed by atoms with Crippen molar-refractivity contribution in [1.29, 1.82) is 0 Å². The lowest BCUT2D eigenvalue weighted by Gasteiger charge is -2.33. The predicted molar refractivity (Wildman–Crippen MR) is 74.5 cm³/mol. The number of anilines is 1. The summed E-state index contributed by atoms with van der Waals surface area (Å²) in [6.45, 7) is 8.85. The topological polar surface area (TPSA) is 74.1 Å². The summed E-state index contributed by atoms with van der Waals surface area (Å²) in [4.78, 5) is 16.2. The number of nitrogens with one attached hydrogen (secondary N) is 1. The fourth-order valence-electron chi connectivity index (χ4n) is 2.31. The molecular formula is C13H20N6O. The van der Waals surface area contributed by atoms with Crippen molar-refractivity contribution in [1.82, 2.24) is 25.0 Å². The molecule has 0 saturated carbocycles. The zero-order valence-corrected chi connectivity index (χ0v) is 11.9. The van der Waals surface area contributed by atoms with Crippen molar-refractivity contribution in [2.45, 2.75) is 26.3 Å². The minimum absolute atomic E-state index is 0.276. The van der Waals surface area contributed by atoms with Crippen molar-refractivity contribution < 1.29 is 4.52 Å². The Morgan fingerprint density at radius 1 is 1.30 bits per heavy atom. The molecule has 2 aromatic rings. The second kappa shape index (κ2) is 5.62. The van der Waals surface area contributed by atoms with E-state index in [9.17, 15) is 0 Å². The van der Waals surface area contributed by atoms with Gasteiger partial charge in [-0.2, -0.15) is 4.98 Å². The largest absolute Gasteiger partial charge is 0.347 e. The standard InChI is InChI=1S/C13H20N6O/c1-10(2)12-16-13(17-20-12)19-5-3-18(4-6-19)8-11-7-14-9-15-11/h7,9-10H,3-6,8H2,1-2H3,(H,14,15). The van der Waals surface area contributed by atoms with Crippen LogP contribution in [0.1, 0.15) is 31.4 Å². The SMILES string of the molecule is CC(C)c1nc(N2CCN(Cc3cnc[nH]3)CC2)no1. The predicted octanol–water partition coefficient (Wildman–Crippen LogP) is 1.24. The number of aromatic amines is 1. The molecule has 1 fully saturated rings. The van der Waals surface area contributed by atoms with Gasteiger partial charge in [0.1, 0.15) is 0 Å². The highest BCUT2D eigenvalue weighted by atomic mass is 16.5. The van der Waals surface area contributed by atoms with E-state index < -0.39 is 0 Å². The molecule has 1 N–H and O–H groups in total. The van der Waals surface area contributed by atoms with Crippen LogP contribution < -0.4 is 4.90 Å². The lowest BCUT2D eigenvalue weighted by molar-refractivity contribution is 0.245. The molecule has 108 valence electrons. The molecule has 1 aliphatic rings. The highest BCUT2D eigenvalue weighted by Gasteiger charge is 2.21. The first-order chi connectivity index (χ1) is 9.72. The maximum atomic E-state index is 5.26. The second-order valence-electron chi connectivity index (χ2n) is 5.43. The summed E-state index contributed by atoms with van der Waals surface area (Å²) in [6, 6.07) is 0. The Hall–Kier alpha value is -1.89. The summed E-state index contributed by atoms with van der Waals surface area (Å²) >= 11 is 0. The molecule has 0 unspecified atom stereocenters. The van der Waals surface area contributed by atoms with Gasteiger partial charge in [-0.25, -0.2) is 4.98 Å². The molecule has 0 aromatic carbocycles. The van der Waals surface area contributed by atoms with Crippen LogP contribution in [0, 0.1) is 0 Å². The minimum atomic E-state index is 0.276. The summed E-state index contributed by atoms with van der Waals surface area (Å²) in [5.41, 5.74) is 1.15. The zero-order chi connectivity index (χ0) is 13.9. The van der Waals surface area contributed by atoms with Crippen LogP contribution in [0.4, 0.5) is 5.95 Å². The van der Waals surface area contributed by atoms with Crippen molar-refractivity contribution in [3.05, 3.63) is 24.1 Å². The molecule has 0 aliphatic carbocycles. The van der Waals surface area contributed by atoms with Crippen molar-refractivity contribution >= 4 is 5.95 Å².